The van der Waals surface area contributed by atoms with Crippen LogP contribution in [0.1, 0.15) is 65.2 Å². The van der Waals surface area contributed by atoms with Gasteiger partial charge in [-0.15, -0.1) is 0 Å². The SMILES string of the molecule is CCCCCCCOc1cccc(-c2ccccc2NC(=O)OC(COCCC)CN2CCCC2)c1.O=C(O)C(=O)O. The molecular formula is C32H46N2O8. The number of rotatable bonds is 16. The summed E-state index contributed by atoms with van der Waals surface area (Å²) in [6.07, 6.45) is 8.65. The Hall–Kier alpha value is -3.63. The van der Waals surface area contributed by atoms with Gasteiger partial charge in [0, 0.05) is 18.7 Å². The third kappa shape index (κ3) is 13.8. The number of hydrogen-bond acceptors (Lipinski definition) is 7. The molecule has 0 saturated carbocycles. The van der Waals surface area contributed by atoms with E-state index in [0.29, 0.717) is 25.4 Å². The van der Waals surface area contributed by atoms with Gasteiger partial charge >= 0.3 is 18.0 Å². The van der Waals surface area contributed by atoms with E-state index in [1.165, 1.54) is 38.5 Å². The van der Waals surface area contributed by atoms with Crippen molar-refractivity contribution >= 4 is 23.7 Å². The maximum absolute atomic E-state index is 12.9. The second-order valence-corrected chi connectivity index (χ2v) is 10.2. The summed E-state index contributed by atoms with van der Waals surface area (Å²) in [6, 6.07) is 15.9. The molecule has 1 aliphatic heterocycles. The number of para-hydroxylation sites is 1. The predicted molar refractivity (Wildman–Crippen MR) is 162 cm³/mol. The van der Waals surface area contributed by atoms with Crippen LogP contribution >= 0.6 is 0 Å². The third-order valence-corrected chi connectivity index (χ3v) is 6.59. The molecule has 0 spiro atoms. The average molecular weight is 587 g/mol. The number of likely N-dealkylation sites (tertiary alicyclic amines) is 1. The van der Waals surface area contributed by atoms with Crippen molar-refractivity contribution in [1.82, 2.24) is 4.90 Å². The zero-order valence-corrected chi connectivity index (χ0v) is 24.9. The lowest BCUT2D eigenvalue weighted by Crippen LogP contribution is -2.37. The molecule has 10 nitrogen and oxygen atoms in total. The molecule has 0 aromatic heterocycles. The van der Waals surface area contributed by atoms with Crippen LogP contribution in [-0.4, -0.2) is 78.7 Å². The van der Waals surface area contributed by atoms with Crippen molar-refractivity contribution in [2.24, 2.45) is 0 Å². The molecule has 1 heterocycles. The number of ether oxygens (including phenoxy) is 3. The van der Waals surface area contributed by atoms with Crippen LogP contribution in [-0.2, 0) is 19.1 Å². The van der Waals surface area contributed by atoms with Crippen molar-refractivity contribution in [2.75, 3.05) is 44.8 Å². The fourth-order valence-electron chi connectivity index (χ4n) is 4.52. The molecule has 232 valence electrons. The van der Waals surface area contributed by atoms with Crippen molar-refractivity contribution in [3.05, 3.63) is 48.5 Å². The van der Waals surface area contributed by atoms with Crippen molar-refractivity contribution in [1.29, 1.82) is 0 Å². The topological polar surface area (TPSA) is 135 Å². The van der Waals surface area contributed by atoms with E-state index in [-0.39, 0.29) is 6.10 Å². The first-order valence-electron chi connectivity index (χ1n) is 14.9. The zero-order chi connectivity index (χ0) is 30.6. The highest BCUT2D eigenvalue weighted by Crippen LogP contribution is 2.30. The van der Waals surface area contributed by atoms with Gasteiger partial charge in [-0.05, 0) is 62.5 Å². The Morgan fingerprint density at radius 1 is 0.881 bits per heavy atom. The predicted octanol–water partition coefficient (Wildman–Crippen LogP) is 6.30. The Morgan fingerprint density at radius 3 is 2.29 bits per heavy atom. The average Bonchev–Trinajstić information content (AvgIpc) is 3.49. The van der Waals surface area contributed by atoms with E-state index in [4.69, 9.17) is 34.0 Å². The van der Waals surface area contributed by atoms with Crippen LogP contribution in [0.3, 0.4) is 0 Å². The molecule has 2 aromatic carbocycles. The summed E-state index contributed by atoms with van der Waals surface area (Å²) >= 11 is 0. The fraction of sp³-hybridized carbons (Fsp3) is 0.531. The number of anilines is 1. The molecule has 3 N–H and O–H groups in total. The van der Waals surface area contributed by atoms with Crippen LogP contribution in [0.4, 0.5) is 10.5 Å². The second kappa shape index (κ2) is 20.3. The Balaban J connectivity index is 0.000000928. The first-order chi connectivity index (χ1) is 20.3. The van der Waals surface area contributed by atoms with Crippen molar-refractivity contribution < 1.29 is 38.8 Å². The summed E-state index contributed by atoms with van der Waals surface area (Å²) in [5, 5.41) is 17.8. The summed E-state index contributed by atoms with van der Waals surface area (Å²) in [6.45, 7) is 8.91. The molecular weight excluding hydrogens is 540 g/mol. The normalized spacial score (nSPS) is 13.5. The summed E-state index contributed by atoms with van der Waals surface area (Å²) in [5.41, 5.74) is 2.64. The highest BCUT2D eigenvalue weighted by atomic mass is 16.6. The second-order valence-electron chi connectivity index (χ2n) is 10.2. The van der Waals surface area contributed by atoms with Gasteiger partial charge in [-0.3, -0.25) is 10.2 Å². The molecule has 1 aliphatic rings. The Kier molecular flexibility index (Phi) is 16.7. The van der Waals surface area contributed by atoms with Gasteiger partial charge in [0.25, 0.3) is 0 Å². The Morgan fingerprint density at radius 2 is 1.60 bits per heavy atom. The standard InChI is InChI=1S/C30H44N2O4.C2H2O4/c1-3-5-6-7-12-21-35-26-15-13-14-25(22-26)28-16-8-9-17-29(28)31-30(33)36-27(24-34-20-4-2)23-32-18-10-11-19-32;3-1(4)2(5)6/h8-9,13-17,22,27H,3-7,10-12,18-21,23-24H2,1-2H3,(H,31,33);(H,3,4)(H,5,6). The number of carboxylic acids is 2. The Labute approximate surface area is 249 Å². The number of nitrogens with one attached hydrogen (secondary N) is 1. The molecule has 42 heavy (non-hydrogen) atoms. The number of hydrogen-bond donors (Lipinski definition) is 3. The Bertz CT molecular complexity index is 1080. The van der Waals surface area contributed by atoms with Crippen LogP contribution in [0, 0.1) is 0 Å². The largest absolute Gasteiger partial charge is 0.494 e. The number of carbonyl (C=O) groups is 3. The van der Waals surface area contributed by atoms with E-state index >= 15 is 0 Å². The van der Waals surface area contributed by atoms with Crippen LogP contribution in [0.5, 0.6) is 5.75 Å². The lowest BCUT2D eigenvalue weighted by molar-refractivity contribution is -0.159. The van der Waals surface area contributed by atoms with E-state index in [1.807, 2.05) is 48.5 Å². The summed E-state index contributed by atoms with van der Waals surface area (Å²) < 4.78 is 17.6. The van der Waals surface area contributed by atoms with Gasteiger partial charge in [0.1, 0.15) is 11.9 Å². The van der Waals surface area contributed by atoms with Gasteiger partial charge in [-0.25, -0.2) is 14.4 Å². The van der Waals surface area contributed by atoms with E-state index < -0.39 is 18.0 Å². The number of benzene rings is 2. The minimum Gasteiger partial charge on any atom is -0.494 e. The first kappa shape index (κ1) is 34.6. The van der Waals surface area contributed by atoms with E-state index in [1.54, 1.807) is 0 Å². The monoisotopic (exact) mass is 586 g/mol. The van der Waals surface area contributed by atoms with Crippen LogP contribution in [0.25, 0.3) is 11.1 Å². The molecule has 3 rings (SSSR count). The minimum absolute atomic E-state index is 0.295. The van der Waals surface area contributed by atoms with Crippen LogP contribution in [0.2, 0.25) is 0 Å². The van der Waals surface area contributed by atoms with Crippen molar-refractivity contribution in [3.8, 4) is 16.9 Å². The third-order valence-electron chi connectivity index (χ3n) is 6.59. The highest BCUT2D eigenvalue weighted by Gasteiger charge is 2.22. The molecule has 1 atom stereocenters. The molecule has 1 fully saturated rings. The van der Waals surface area contributed by atoms with Crippen molar-refractivity contribution in [3.63, 3.8) is 0 Å². The zero-order valence-electron chi connectivity index (χ0n) is 24.9. The number of amides is 1. The number of aliphatic carboxylic acids is 2. The molecule has 1 saturated heterocycles. The van der Waals surface area contributed by atoms with Gasteiger partial charge in [0.15, 0.2) is 0 Å². The number of unbranched alkanes of at least 4 members (excludes halogenated alkanes) is 4. The molecule has 0 aliphatic carbocycles. The van der Waals surface area contributed by atoms with Gasteiger partial charge in [0.2, 0.25) is 0 Å². The number of carbonyl (C=O) groups excluding carboxylic acids is 1. The molecule has 10 heteroatoms. The number of nitrogens with zero attached hydrogens (tertiary/aromatic N) is 1. The van der Waals surface area contributed by atoms with Crippen LogP contribution < -0.4 is 10.1 Å². The minimum atomic E-state index is -1.82. The van der Waals surface area contributed by atoms with E-state index in [2.05, 4.69) is 24.1 Å². The summed E-state index contributed by atoms with van der Waals surface area (Å²) in [4.78, 5) is 33.4. The van der Waals surface area contributed by atoms with E-state index in [9.17, 15) is 4.79 Å². The van der Waals surface area contributed by atoms with Gasteiger partial charge in [-0.2, -0.15) is 0 Å². The van der Waals surface area contributed by atoms with E-state index in [0.717, 1.165) is 49.4 Å². The first-order valence-corrected chi connectivity index (χ1v) is 14.9. The fourth-order valence-corrected chi connectivity index (χ4v) is 4.52. The smallest absolute Gasteiger partial charge is 0.414 e. The maximum Gasteiger partial charge on any atom is 0.414 e. The molecule has 2 aromatic rings. The lowest BCUT2D eigenvalue weighted by atomic mass is 10.0. The van der Waals surface area contributed by atoms with Gasteiger partial charge < -0.3 is 24.4 Å². The van der Waals surface area contributed by atoms with Crippen LogP contribution in [0.15, 0.2) is 48.5 Å². The lowest BCUT2D eigenvalue weighted by Gasteiger charge is -2.24. The number of carboxylic acid groups (broad SMARTS) is 2. The van der Waals surface area contributed by atoms with Crippen molar-refractivity contribution in [2.45, 2.75) is 71.3 Å². The van der Waals surface area contributed by atoms with Gasteiger partial charge in [-0.1, -0.05) is 69.9 Å². The maximum atomic E-state index is 12.9. The molecule has 0 bridgehead atoms. The highest BCUT2D eigenvalue weighted by molar-refractivity contribution is 6.27. The summed E-state index contributed by atoms with van der Waals surface area (Å²) in [7, 11) is 0. The molecule has 0 radical (unpaired) electrons. The van der Waals surface area contributed by atoms with Gasteiger partial charge in [0.05, 0.1) is 18.9 Å². The molecule has 1 amide bonds. The summed E-state index contributed by atoms with van der Waals surface area (Å²) in [5.74, 6) is -2.80. The quantitative estimate of drug-likeness (QED) is 0.153. The molecule has 1 unspecified atom stereocenters.